The molecule has 0 bridgehead atoms. The van der Waals surface area contributed by atoms with Gasteiger partial charge in [0.2, 0.25) is 11.8 Å². The van der Waals surface area contributed by atoms with Crippen molar-refractivity contribution in [2.24, 2.45) is 5.41 Å². The molecule has 1 atom stereocenters. The third-order valence-corrected chi connectivity index (χ3v) is 2.94. The van der Waals surface area contributed by atoms with Crippen molar-refractivity contribution < 1.29 is 14.3 Å². The molecule has 18 heavy (non-hydrogen) atoms. The molecule has 0 aromatic rings. The number of ether oxygens (including phenoxy) is 1. The standard InChI is InChI=1S/C13H24N2O3/c1-5-7-18-8-6-15-10(16)9-14-12(17)11(15)13(2,3)4/h11H,5-9H2,1-4H3,(H,14,17). The van der Waals surface area contributed by atoms with Crippen LogP contribution < -0.4 is 5.32 Å². The Bertz CT molecular complexity index is 310. The van der Waals surface area contributed by atoms with Gasteiger partial charge in [-0.25, -0.2) is 0 Å². The highest BCUT2D eigenvalue weighted by Crippen LogP contribution is 2.26. The third kappa shape index (κ3) is 3.70. The van der Waals surface area contributed by atoms with E-state index >= 15 is 0 Å². The number of hydrogen-bond donors (Lipinski definition) is 1. The van der Waals surface area contributed by atoms with E-state index in [1.165, 1.54) is 0 Å². The topological polar surface area (TPSA) is 58.6 Å². The van der Waals surface area contributed by atoms with E-state index in [-0.39, 0.29) is 23.8 Å². The van der Waals surface area contributed by atoms with Gasteiger partial charge in [0, 0.05) is 13.2 Å². The van der Waals surface area contributed by atoms with Crippen molar-refractivity contribution in [3.63, 3.8) is 0 Å². The number of nitrogens with one attached hydrogen (secondary N) is 1. The minimum atomic E-state index is -0.413. The molecule has 104 valence electrons. The molecule has 1 heterocycles. The van der Waals surface area contributed by atoms with Crippen molar-refractivity contribution in [1.29, 1.82) is 0 Å². The van der Waals surface area contributed by atoms with Crippen LogP contribution in [-0.2, 0) is 14.3 Å². The molecule has 0 radical (unpaired) electrons. The lowest BCUT2D eigenvalue weighted by molar-refractivity contribution is -0.150. The molecule has 1 unspecified atom stereocenters. The Kier molecular flexibility index (Phi) is 5.14. The Labute approximate surface area is 109 Å². The first-order valence-electron chi connectivity index (χ1n) is 6.53. The largest absolute Gasteiger partial charge is 0.380 e. The van der Waals surface area contributed by atoms with Crippen LogP contribution in [0.15, 0.2) is 0 Å². The molecular weight excluding hydrogens is 232 g/mol. The second-order valence-electron chi connectivity index (χ2n) is 5.69. The maximum atomic E-state index is 11.9. The highest BCUT2D eigenvalue weighted by Gasteiger charge is 2.41. The number of carbonyl (C=O) groups is 2. The van der Waals surface area contributed by atoms with Crippen molar-refractivity contribution in [3.8, 4) is 0 Å². The van der Waals surface area contributed by atoms with Crippen molar-refractivity contribution in [2.75, 3.05) is 26.3 Å². The summed E-state index contributed by atoms with van der Waals surface area (Å²) in [5, 5.41) is 2.65. The fourth-order valence-electron chi connectivity index (χ4n) is 2.17. The molecule has 2 amide bonds. The number of rotatable bonds is 5. The second kappa shape index (κ2) is 6.18. The fraction of sp³-hybridized carbons (Fsp3) is 0.846. The minimum absolute atomic E-state index is 0.0328. The SMILES string of the molecule is CCCOCCN1C(=O)CNC(=O)C1C(C)(C)C. The minimum Gasteiger partial charge on any atom is -0.380 e. The van der Waals surface area contributed by atoms with Gasteiger partial charge in [-0.1, -0.05) is 27.7 Å². The quantitative estimate of drug-likeness (QED) is 0.740. The smallest absolute Gasteiger partial charge is 0.243 e. The van der Waals surface area contributed by atoms with Crippen molar-refractivity contribution in [1.82, 2.24) is 10.2 Å². The highest BCUT2D eigenvalue weighted by atomic mass is 16.5. The van der Waals surface area contributed by atoms with Crippen LogP contribution in [0, 0.1) is 5.41 Å². The Morgan fingerprint density at radius 1 is 1.33 bits per heavy atom. The van der Waals surface area contributed by atoms with Crippen LogP contribution in [0.25, 0.3) is 0 Å². The molecule has 5 nitrogen and oxygen atoms in total. The first kappa shape index (κ1) is 15.0. The lowest BCUT2D eigenvalue weighted by Crippen LogP contribution is -2.63. The van der Waals surface area contributed by atoms with Crippen LogP contribution in [0.5, 0.6) is 0 Å². The number of amides is 2. The van der Waals surface area contributed by atoms with E-state index in [4.69, 9.17) is 4.74 Å². The maximum absolute atomic E-state index is 11.9. The van der Waals surface area contributed by atoms with Gasteiger partial charge in [-0.05, 0) is 11.8 Å². The van der Waals surface area contributed by atoms with Crippen LogP contribution in [0.4, 0.5) is 0 Å². The van der Waals surface area contributed by atoms with E-state index in [1.807, 2.05) is 27.7 Å². The van der Waals surface area contributed by atoms with Gasteiger partial charge in [0.05, 0.1) is 13.2 Å². The van der Waals surface area contributed by atoms with Crippen LogP contribution in [0.2, 0.25) is 0 Å². The van der Waals surface area contributed by atoms with E-state index < -0.39 is 6.04 Å². The van der Waals surface area contributed by atoms with Gasteiger partial charge >= 0.3 is 0 Å². The van der Waals surface area contributed by atoms with E-state index in [2.05, 4.69) is 5.32 Å². The molecule has 1 saturated heterocycles. The van der Waals surface area contributed by atoms with Gasteiger partial charge in [0.25, 0.3) is 0 Å². The molecule has 0 saturated carbocycles. The summed E-state index contributed by atoms with van der Waals surface area (Å²) >= 11 is 0. The van der Waals surface area contributed by atoms with Crippen molar-refractivity contribution in [3.05, 3.63) is 0 Å². The van der Waals surface area contributed by atoms with Crippen molar-refractivity contribution in [2.45, 2.75) is 40.2 Å². The van der Waals surface area contributed by atoms with Gasteiger partial charge < -0.3 is 15.0 Å². The number of nitrogens with zero attached hydrogens (tertiary/aromatic N) is 1. The normalized spacial score (nSPS) is 21.1. The Morgan fingerprint density at radius 2 is 2.00 bits per heavy atom. The lowest BCUT2D eigenvalue weighted by Gasteiger charge is -2.41. The van der Waals surface area contributed by atoms with Gasteiger partial charge in [-0.3, -0.25) is 9.59 Å². The zero-order valence-electron chi connectivity index (χ0n) is 11.8. The summed E-state index contributed by atoms with van der Waals surface area (Å²) in [6, 6.07) is -0.413. The van der Waals surface area contributed by atoms with E-state index in [1.54, 1.807) is 4.90 Å². The van der Waals surface area contributed by atoms with Gasteiger partial charge in [-0.2, -0.15) is 0 Å². The molecule has 0 spiro atoms. The molecule has 1 rings (SSSR count). The third-order valence-electron chi connectivity index (χ3n) is 2.94. The van der Waals surface area contributed by atoms with E-state index in [0.717, 1.165) is 6.42 Å². The molecule has 1 N–H and O–H groups in total. The summed E-state index contributed by atoms with van der Waals surface area (Å²) in [6.45, 7) is 9.69. The summed E-state index contributed by atoms with van der Waals surface area (Å²) in [6.07, 6.45) is 0.955. The first-order valence-corrected chi connectivity index (χ1v) is 6.53. The molecule has 0 aromatic heterocycles. The molecule has 1 aliphatic heterocycles. The van der Waals surface area contributed by atoms with Crippen LogP contribution in [0.3, 0.4) is 0 Å². The Balaban J connectivity index is 2.68. The molecule has 0 aromatic carbocycles. The van der Waals surface area contributed by atoms with Crippen LogP contribution >= 0.6 is 0 Å². The molecule has 5 heteroatoms. The molecular formula is C13H24N2O3. The summed E-state index contributed by atoms with van der Waals surface area (Å²) < 4.78 is 5.40. The Morgan fingerprint density at radius 3 is 2.56 bits per heavy atom. The molecule has 1 fully saturated rings. The first-order chi connectivity index (χ1) is 8.38. The van der Waals surface area contributed by atoms with Gasteiger partial charge in [0.15, 0.2) is 0 Å². The zero-order chi connectivity index (χ0) is 13.8. The number of carbonyl (C=O) groups excluding carboxylic acids is 2. The fourth-order valence-corrected chi connectivity index (χ4v) is 2.17. The monoisotopic (exact) mass is 256 g/mol. The van der Waals surface area contributed by atoms with E-state index in [9.17, 15) is 9.59 Å². The molecule has 1 aliphatic rings. The summed E-state index contributed by atoms with van der Waals surface area (Å²) in [5.74, 6) is -0.104. The van der Waals surface area contributed by atoms with Crippen molar-refractivity contribution >= 4 is 11.8 Å². The number of piperazine rings is 1. The predicted octanol–water partition coefficient (Wildman–Crippen LogP) is 0.786. The van der Waals surface area contributed by atoms with E-state index in [0.29, 0.717) is 19.8 Å². The van der Waals surface area contributed by atoms with Crippen LogP contribution in [-0.4, -0.2) is 49.1 Å². The maximum Gasteiger partial charge on any atom is 0.243 e. The zero-order valence-corrected chi connectivity index (χ0v) is 11.8. The van der Waals surface area contributed by atoms with Gasteiger partial charge in [0.1, 0.15) is 6.04 Å². The number of hydrogen-bond acceptors (Lipinski definition) is 3. The van der Waals surface area contributed by atoms with Crippen LogP contribution in [0.1, 0.15) is 34.1 Å². The molecule has 0 aliphatic carbocycles. The summed E-state index contributed by atoms with van der Waals surface area (Å²) in [7, 11) is 0. The summed E-state index contributed by atoms with van der Waals surface area (Å²) in [4.78, 5) is 25.5. The second-order valence-corrected chi connectivity index (χ2v) is 5.69. The Hall–Kier alpha value is -1.10. The average molecular weight is 256 g/mol. The summed E-state index contributed by atoms with van der Waals surface area (Å²) in [5.41, 5.74) is -0.273. The predicted molar refractivity (Wildman–Crippen MR) is 69.1 cm³/mol. The average Bonchev–Trinajstić information content (AvgIpc) is 2.27. The van der Waals surface area contributed by atoms with Gasteiger partial charge in [-0.15, -0.1) is 0 Å². The highest BCUT2D eigenvalue weighted by molar-refractivity contribution is 5.95. The lowest BCUT2D eigenvalue weighted by atomic mass is 9.84.